The lowest BCUT2D eigenvalue weighted by molar-refractivity contribution is 0.0943. The van der Waals surface area contributed by atoms with Gasteiger partial charge in [-0.2, -0.15) is 0 Å². The van der Waals surface area contributed by atoms with Crippen molar-refractivity contribution in [3.63, 3.8) is 0 Å². The number of ether oxygens (including phenoxy) is 1. The number of benzene rings is 3. The van der Waals surface area contributed by atoms with E-state index in [9.17, 15) is 4.79 Å². The van der Waals surface area contributed by atoms with Crippen LogP contribution in [0.3, 0.4) is 0 Å². The standard InChI is InChI=1S/C21H17Cl2NO2/c1-26-17-10-7-15(8-11-17)20(14-5-3-2-4-6-14)24-21(25)18-12-9-16(22)13-19(18)23/h2-13,20H,1H3,(H,24,25). The van der Waals surface area contributed by atoms with E-state index in [4.69, 9.17) is 27.9 Å². The molecule has 0 heterocycles. The number of carbonyl (C=O) groups is 1. The van der Waals surface area contributed by atoms with E-state index in [-0.39, 0.29) is 11.9 Å². The molecule has 0 fully saturated rings. The van der Waals surface area contributed by atoms with Crippen LogP contribution in [-0.4, -0.2) is 13.0 Å². The Morgan fingerprint density at radius 3 is 2.19 bits per heavy atom. The first-order valence-electron chi connectivity index (χ1n) is 8.03. The van der Waals surface area contributed by atoms with Crippen molar-refractivity contribution in [1.82, 2.24) is 5.32 Å². The van der Waals surface area contributed by atoms with Gasteiger partial charge < -0.3 is 10.1 Å². The molecule has 0 aliphatic rings. The summed E-state index contributed by atoms with van der Waals surface area (Å²) in [5.74, 6) is 0.490. The maximum atomic E-state index is 12.8. The molecule has 0 spiro atoms. The molecule has 0 bridgehead atoms. The number of amides is 1. The lowest BCUT2D eigenvalue weighted by atomic mass is 9.98. The van der Waals surface area contributed by atoms with E-state index in [1.807, 2.05) is 54.6 Å². The van der Waals surface area contributed by atoms with Gasteiger partial charge in [0.2, 0.25) is 0 Å². The average Bonchev–Trinajstić information content (AvgIpc) is 2.67. The molecular weight excluding hydrogens is 369 g/mol. The van der Waals surface area contributed by atoms with E-state index in [1.54, 1.807) is 25.3 Å². The smallest absolute Gasteiger partial charge is 0.253 e. The fraction of sp³-hybridized carbons (Fsp3) is 0.0952. The maximum absolute atomic E-state index is 12.8. The van der Waals surface area contributed by atoms with Crippen LogP contribution in [0.1, 0.15) is 27.5 Å². The predicted octanol–water partition coefficient (Wildman–Crippen LogP) is 5.52. The van der Waals surface area contributed by atoms with Crippen LogP contribution in [0.25, 0.3) is 0 Å². The summed E-state index contributed by atoms with van der Waals surface area (Å²) in [6.07, 6.45) is 0. The maximum Gasteiger partial charge on any atom is 0.253 e. The summed E-state index contributed by atoms with van der Waals surface area (Å²) in [6, 6.07) is 21.9. The van der Waals surface area contributed by atoms with Crippen LogP contribution in [0.2, 0.25) is 10.0 Å². The van der Waals surface area contributed by atoms with E-state index in [0.29, 0.717) is 15.6 Å². The summed E-state index contributed by atoms with van der Waals surface area (Å²) in [7, 11) is 1.62. The summed E-state index contributed by atoms with van der Waals surface area (Å²) in [5, 5.41) is 3.86. The fourth-order valence-corrected chi connectivity index (χ4v) is 3.18. The van der Waals surface area contributed by atoms with Crippen molar-refractivity contribution in [3.8, 4) is 5.75 Å². The number of carbonyl (C=O) groups excluding carboxylic acids is 1. The second kappa shape index (κ2) is 8.26. The van der Waals surface area contributed by atoms with Crippen LogP contribution in [0.15, 0.2) is 72.8 Å². The van der Waals surface area contributed by atoms with E-state index in [1.165, 1.54) is 0 Å². The number of hydrogen-bond donors (Lipinski definition) is 1. The second-order valence-electron chi connectivity index (χ2n) is 5.71. The van der Waals surface area contributed by atoms with Crippen molar-refractivity contribution in [3.05, 3.63) is 99.5 Å². The second-order valence-corrected chi connectivity index (χ2v) is 6.56. The summed E-state index contributed by atoms with van der Waals surface area (Å²) in [5.41, 5.74) is 2.29. The zero-order valence-electron chi connectivity index (χ0n) is 14.1. The third-order valence-electron chi connectivity index (χ3n) is 4.03. The van der Waals surface area contributed by atoms with Gasteiger partial charge >= 0.3 is 0 Å². The highest BCUT2D eigenvalue weighted by molar-refractivity contribution is 6.36. The van der Waals surface area contributed by atoms with Crippen molar-refractivity contribution >= 4 is 29.1 Å². The van der Waals surface area contributed by atoms with Crippen LogP contribution in [0, 0.1) is 0 Å². The summed E-state index contributed by atoms with van der Waals surface area (Å²) in [6.45, 7) is 0. The van der Waals surface area contributed by atoms with Crippen molar-refractivity contribution < 1.29 is 9.53 Å². The molecule has 3 nitrogen and oxygen atoms in total. The van der Waals surface area contributed by atoms with Gasteiger partial charge in [0.1, 0.15) is 5.75 Å². The van der Waals surface area contributed by atoms with Crippen molar-refractivity contribution in [2.75, 3.05) is 7.11 Å². The van der Waals surface area contributed by atoms with Gasteiger partial charge in [-0.3, -0.25) is 4.79 Å². The minimum absolute atomic E-state index is 0.267. The molecule has 26 heavy (non-hydrogen) atoms. The normalized spacial score (nSPS) is 11.7. The molecule has 0 aliphatic carbocycles. The SMILES string of the molecule is COc1ccc(C(NC(=O)c2ccc(Cl)cc2Cl)c2ccccc2)cc1. The van der Waals surface area contributed by atoms with E-state index in [2.05, 4.69) is 5.32 Å². The van der Waals surface area contributed by atoms with Crippen molar-refractivity contribution in [1.29, 1.82) is 0 Å². The molecular formula is C21H17Cl2NO2. The highest BCUT2D eigenvalue weighted by Crippen LogP contribution is 2.26. The van der Waals surface area contributed by atoms with Crippen LogP contribution in [0.5, 0.6) is 5.75 Å². The molecule has 3 aromatic carbocycles. The molecule has 0 saturated carbocycles. The molecule has 0 saturated heterocycles. The lowest BCUT2D eigenvalue weighted by Crippen LogP contribution is -2.29. The van der Waals surface area contributed by atoms with Crippen LogP contribution in [-0.2, 0) is 0 Å². The zero-order valence-corrected chi connectivity index (χ0v) is 15.6. The Bertz CT molecular complexity index is 896. The first-order chi connectivity index (χ1) is 12.6. The Morgan fingerprint density at radius 1 is 0.923 bits per heavy atom. The first-order valence-corrected chi connectivity index (χ1v) is 8.79. The molecule has 3 aromatic rings. The molecule has 0 aromatic heterocycles. The van der Waals surface area contributed by atoms with Gasteiger partial charge in [-0.15, -0.1) is 0 Å². The lowest BCUT2D eigenvalue weighted by Gasteiger charge is -2.20. The highest BCUT2D eigenvalue weighted by atomic mass is 35.5. The zero-order chi connectivity index (χ0) is 18.5. The monoisotopic (exact) mass is 385 g/mol. The van der Waals surface area contributed by atoms with E-state index >= 15 is 0 Å². The Labute approximate surface area is 162 Å². The molecule has 1 N–H and O–H groups in total. The number of halogens is 2. The molecule has 5 heteroatoms. The predicted molar refractivity (Wildman–Crippen MR) is 105 cm³/mol. The van der Waals surface area contributed by atoms with Gasteiger partial charge in [0.15, 0.2) is 0 Å². The molecule has 3 rings (SSSR count). The molecule has 1 unspecified atom stereocenters. The number of nitrogens with one attached hydrogen (secondary N) is 1. The first kappa shape index (κ1) is 18.3. The third kappa shape index (κ3) is 4.18. The largest absolute Gasteiger partial charge is 0.497 e. The number of rotatable bonds is 5. The van der Waals surface area contributed by atoms with Gasteiger partial charge in [0.25, 0.3) is 5.91 Å². The van der Waals surface area contributed by atoms with E-state index in [0.717, 1.165) is 16.9 Å². The van der Waals surface area contributed by atoms with Crippen molar-refractivity contribution in [2.24, 2.45) is 0 Å². The number of hydrogen-bond acceptors (Lipinski definition) is 2. The van der Waals surface area contributed by atoms with Gasteiger partial charge in [-0.25, -0.2) is 0 Å². The summed E-state index contributed by atoms with van der Waals surface area (Å²) in [4.78, 5) is 12.8. The molecule has 1 amide bonds. The van der Waals surface area contributed by atoms with E-state index < -0.39 is 0 Å². The van der Waals surface area contributed by atoms with Gasteiger partial charge in [-0.05, 0) is 41.5 Å². The van der Waals surface area contributed by atoms with Crippen LogP contribution in [0.4, 0.5) is 0 Å². The van der Waals surface area contributed by atoms with Crippen molar-refractivity contribution in [2.45, 2.75) is 6.04 Å². The quantitative estimate of drug-likeness (QED) is 0.627. The van der Waals surface area contributed by atoms with Crippen LogP contribution >= 0.6 is 23.2 Å². The third-order valence-corrected chi connectivity index (χ3v) is 4.58. The van der Waals surface area contributed by atoms with Gasteiger partial charge in [0, 0.05) is 5.02 Å². The number of methoxy groups -OCH3 is 1. The Hall–Kier alpha value is -2.49. The fourth-order valence-electron chi connectivity index (χ4n) is 2.68. The molecule has 132 valence electrons. The van der Waals surface area contributed by atoms with Crippen LogP contribution < -0.4 is 10.1 Å². The Kier molecular flexibility index (Phi) is 5.82. The topological polar surface area (TPSA) is 38.3 Å². The molecule has 1 atom stereocenters. The Morgan fingerprint density at radius 2 is 1.58 bits per heavy atom. The Balaban J connectivity index is 1.94. The molecule has 0 radical (unpaired) electrons. The average molecular weight is 386 g/mol. The highest BCUT2D eigenvalue weighted by Gasteiger charge is 2.19. The van der Waals surface area contributed by atoms with Gasteiger partial charge in [0.05, 0.1) is 23.7 Å². The minimum Gasteiger partial charge on any atom is -0.497 e. The summed E-state index contributed by atoms with van der Waals surface area (Å²) < 4.78 is 5.21. The summed E-state index contributed by atoms with van der Waals surface area (Å²) >= 11 is 12.1. The van der Waals surface area contributed by atoms with Gasteiger partial charge in [-0.1, -0.05) is 65.7 Å². The minimum atomic E-state index is -0.318. The molecule has 0 aliphatic heterocycles.